The monoisotopic (exact) mass is 456 g/mol. The number of benzene rings is 2. The van der Waals surface area contributed by atoms with Crippen molar-refractivity contribution in [1.29, 1.82) is 0 Å². The molecule has 31 heavy (non-hydrogen) atoms. The first kappa shape index (κ1) is 23.0. The van der Waals surface area contributed by atoms with Crippen LogP contribution in [-0.4, -0.2) is 27.0 Å². The lowest BCUT2D eigenvalue weighted by atomic mass is 9.80. The van der Waals surface area contributed by atoms with Crippen LogP contribution in [0.2, 0.25) is 5.02 Å². The van der Waals surface area contributed by atoms with Gasteiger partial charge in [-0.05, 0) is 36.1 Å². The molecule has 2 atom stereocenters. The van der Waals surface area contributed by atoms with Crippen LogP contribution in [0.15, 0.2) is 59.6 Å². The fourth-order valence-electron chi connectivity index (χ4n) is 3.55. The van der Waals surface area contributed by atoms with Gasteiger partial charge >= 0.3 is 5.97 Å². The summed E-state index contributed by atoms with van der Waals surface area (Å²) in [4.78, 5) is 15.5. The fourth-order valence-corrected chi connectivity index (χ4v) is 4.49. The van der Waals surface area contributed by atoms with E-state index in [-0.39, 0.29) is 23.3 Å². The summed E-state index contributed by atoms with van der Waals surface area (Å²) in [5.74, 6) is -0.442. The van der Waals surface area contributed by atoms with Gasteiger partial charge in [0.15, 0.2) is 0 Å². The molecule has 2 aromatic rings. The molecule has 5 nitrogen and oxygen atoms in total. The smallest absolute Gasteiger partial charge is 0.313 e. The summed E-state index contributed by atoms with van der Waals surface area (Å²) in [6, 6.07) is 10.9. The third kappa shape index (κ3) is 5.51. The number of phenols is 1. The van der Waals surface area contributed by atoms with E-state index < -0.39 is 5.97 Å². The first-order valence-electron chi connectivity index (χ1n) is 9.99. The number of allylic oxidation sites excluding steroid dienone is 4. The van der Waals surface area contributed by atoms with Gasteiger partial charge < -0.3 is 15.9 Å². The van der Waals surface area contributed by atoms with Gasteiger partial charge in [0.05, 0.1) is 27.2 Å². The predicted octanol–water partition coefficient (Wildman–Crippen LogP) is 6.26. The second-order valence-corrected chi connectivity index (χ2v) is 8.81. The van der Waals surface area contributed by atoms with Crippen molar-refractivity contribution >= 4 is 51.3 Å². The first-order valence-corrected chi connectivity index (χ1v) is 11.4. The summed E-state index contributed by atoms with van der Waals surface area (Å²) < 4.78 is 0. The summed E-state index contributed by atoms with van der Waals surface area (Å²) in [6.45, 7) is 4.02. The lowest BCUT2D eigenvalue weighted by molar-refractivity contribution is -0.133. The van der Waals surface area contributed by atoms with Gasteiger partial charge in [0, 0.05) is 17.0 Å². The van der Waals surface area contributed by atoms with Crippen molar-refractivity contribution in [3.8, 4) is 5.75 Å². The molecule has 7 heteroatoms. The van der Waals surface area contributed by atoms with Crippen LogP contribution < -0.4 is 5.73 Å². The SMILES string of the molecule is CCC(=Nc1cc(C2=CC(C)C(c3ccccc3O)C=C2)c(Cl)cc1N)SCC(=O)O. The van der Waals surface area contributed by atoms with E-state index in [9.17, 15) is 9.90 Å². The molecule has 0 radical (unpaired) electrons. The molecule has 2 unspecified atom stereocenters. The van der Waals surface area contributed by atoms with Crippen molar-refractivity contribution in [2.45, 2.75) is 26.2 Å². The number of para-hydroxylation sites is 1. The number of carbonyl (C=O) groups is 1. The Kier molecular flexibility index (Phi) is 7.46. The summed E-state index contributed by atoms with van der Waals surface area (Å²) in [5, 5.41) is 20.4. The van der Waals surface area contributed by atoms with Crippen LogP contribution in [0.3, 0.4) is 0 Å². The number of hydrogen-bond donors (Lipinski definition) is 3. The Labute approximate surface area is 191 Å². The van der Waals surface area contributed by atoms with E-state index in [1.165, 1.54) is 11.8 Å². The van der Waals surface area contributed by atoms with E-state index in [2.05, 4.69) is 24.1 Å². The molecule has 2 aromatic carbocycles. The Hall–Kier alpha value is -2.70. The number of nitrogen functional groups attached to an aromatic ring is 1. The third-order valence-electron chi connectivity index (χ3n) is 5.13. The van der Waals surface area contributed by atoms with Crippen LogP contribution >= 0.6 is 23.4 Å². The number of aromatic hydroxyl groups is 1. The number of aliphatic imine (C=N–C) groups is 1. The number of rotatable bonds is 6. The molecule has 0 aliphatic heterocycles. The maximum absolute atomic E-state index is 10.9. The van der Waals surface area contributed by atoms with Crippen molar-refractivity contribution in [2.75, 3.05) is 11.5 Å². The van der Waals surface area contributed by atoms with E-state index in [1.54, 1.807) is 12.1 Å². The molecule has 0 amide bonds. The zero-order valence-corrected chi connectivity index (χ0v) is 19.0. The van der Waals surface area contributed by atoms with Crippen molar-refractivity contribution in [3.05, 3.63) is 70.8 Å². The fraction of sp³-hybridized carbons (Fsp3) is 0.250. The molecule has 1 aliphatic rings. The van der Waals surface area contributed by atoms with E-state index >= 15 is 0 Å². The van der Waals surface area contributed by atoms with Crippen molar-refractivity contribution in [2.24, 2.45) is 10.9 Å². The second-order valence-electron chi connectivity index (χ2n) is 7.36. The number of carboxylic acid groups (broad SMARTS) is 1. The zero-order chi connectivity index (χ0) is 22.5. The third-order valence-corrected chi connectivity index (χ3v) is 6.54. The molecule has 0 heterocycles. The van der Waals surface area contributed by atoms with Crippen molar-refractivity contribution < 1.29 is 15.0 Å². The Morgan fingerprint density at radius 3 is 2.68 bits per heavy atom. The summed E-state index contributed by atoms with van der Waals surface area (Å²) in [5.41, 5.74) is 9.80. The quantitative estimate of drug-likeness (QED) is 0.271. The van der Waals surface area contributed by atoms with Crippen molar-refractivity contribution in [1.82, 2.24) is 0 Å². The van der Waals surface area contributed by atoms with Gasteiger partial charge in [0.1, 0.15) is 5.75 Å². The van der Waals surface area contributed by atoms with Gasteiger partial charge in [0.25, 0.3) is 0 Å². The average Bonchev–Trinajstić information content (AvgIpc) is 2.73. The first-order chi connectivity index (χ1) is 14.8. The number of phenolic OH excluding ortho intramolecular Hbond substituents is 1. The maximum atomic E-state index is 10.9. The largest absolute Gasteiger partial charge is 0.508 e. The number of carboxylic acids is 1. The molecule has 4 N–H and O–H groups in total. The summed E-state index contributed by atoms with van der Waals surface area (Å²) >= 11 is 7.70. The lowest BCUT2D eigenvalue weighted by Crippen LogP contribution is -2.09. The molecule has 0 bridgehead atoms. The van der Waals surface area contributed by atoms with Crippen molar-refractivity contribution in [3.63, 3.8) is 0 Å². The van der Waals surface area contributed by atoms with E-state index in [1.807, 2.05) is 37.3 Å². The maximum Gasteiger partial charge on any atom is 0.313 e. The highest BCUT2D eigenvalue weighted by atomic mass is 35.5. The van der Waals surface area contributed by atoms with Gasteiger partial charge in [-0.3, -0.25) is 4.79 Å². The highest BCUT2D eigenvalue weighted by molar-refractivity contribution is 8.14. The standard InChI is InChI=1S/C24H25ClN2O3S/c1-3-23(31-13-24(29)30)27-21-11-18(19(25)12-20(21)26)15-8-9-16(14(2)10-15)17-6-4-5-7-22(17)28/h4-12,14,16,28H,3,13,26H2,1-2H3,(H,29,30). The Morgan fingerprint density at radius 2 is 2.03 bits per heavy atom. The van der Waals surface area contributed by atoms with E-state index in [0.29, 0.717) is 27.9 Å². The molecule has 0 saturated heterocycles. The summed E-state index contributed by atoms with van der Waals surface area (Å²) in [7, 11) is 0. The van der Waals surface area contributed by atoms with E-state index in [4.69, 9.17) is 22.4 Å². The minimum absolute atomic E-state index is 0.0495. The molecule has 0 aromatic heterocycles. The van der Waals surface area contributed by atoms with Crippen LogP contribution in [0.1, 0.15) is 37.3 Å². The number of aliphatic carboxylic acids is 1. The lowest BCUT2D eigenvalue weighted by Gasteiger charge is -2.25. The molecule has 0 saturated carbocycles. The Morgan fingerprint density at radius 1 is 1.29 bits per heavy atom. The number of thioether (sulfide) groups is 1. The van der Waals surface area contributed by atoms with Gasteiger partial charge in [-0.15, -0.1) is 0 Å². The molecule has 1 aliphatic carbocycles. The van der Waals surface area contributed by atoms with Crippen LogP contribution in [-0.2, 0) is 4.79 Å². The highest BCUT2D eigenvalue weighted by Gasteiger charge is 2.22. The number of nitrogens with zero attached hydrogens (tertiary/aromatic N) is 1. The minimum atomic E-state index is -0.888. The Bertz CT molecular complexity index is 1080. The number of anilines is 1. The van der Waals surface area contributed by atoms with Gasteiger partial charge in [-0.25, -0.2) is 4.99 Å². The molecule has 0 spiro atoms. The van der Waals surface area contributed by atoms with Gasteiger partial charge in [0.2, 0.25) is 0 Å². The molecular weight excluding hydrogens is 432 g/mol. The van der Waals surface area contributed by atoms with Crippen LogP contribution in [0.25, 0.3) is 5.57 Å². The molecule has 3 rings (SSSR count). The predicted molar refractivity (Wildman–Crippen MR) is 130 cm³/mol. The molecule has 0 fully saturated rings. The van der Waals surface area contributed by atoms with Crippen LogP contribution in [0.5, 0.6) is 5.75 Å². The second kappa shape index (κ2) is 10.1. The minimum Gasteiger partial charge on any atom is -0.508 e. The molecule has 162 valence electrons. The molecular formula is C24H25ClN2O3S. The van der Waals surface area contributed by atoms with Gasteiger partial charge in [-0.2, -0.15) is 0 Å². The number of halogens is 1. The van der Waals surface area contributed by atoms with E-state index in [0.717, 1.165) is 16.7 Å². The Balaban J connectivity index is 1.92. The number of hydrogen-bond acceptors (Lipinski definition) is 5. The highest BCUT2D eigenvalue weighted by Crippen LogP contribution is 2.41. The number of nitrogens with two attached hydrogens (primary N) is 1. The summed E-state index contributed by atoms with van der Waals surface area (Å²) in [6.07, 6.45) is 6.81. The van der Waals surface area contributed by atoms with Gasteiger partial charge in [-0.1, -0.05) is 73.6 Å². The van der Waals surface area contributed by atoms with Crippen LogP contribution in [0.4, 0.5) is 11.4 Å². The van der Waals surface area contributed by atoms with Crippen LogP contribution in [0, 0.1) is 5.92 Å². The zero-order valence-electron chi connectivity index (χ0n) is 17.4. The normalized spacial score (nSPS) is 18.7. The topological polar surface area (TPSA) is 95.9 Å². The average molecular weight is 457 g/mol.